The van der Waals surface area contributed by atoms with Gasteiger partial charge < -0.3 is 19.0 Å². The predicted molar refractivity (Wildman–Crippen MR) is 157 cm³/mol. The number of ether oxygens (including phenoxy) is 2. The van der Waals surface area contributed by atoms with Crippen molar-refractivity contribution in [2.24, 2.45) is 0 Å². The maximum Gasteiger partial charge on any atom is 0.414 e. The van der Waals surface area contributed by atoms with Gasteiger partial charge >= 0.3 is 6.09 Å². The second-order valence-electron chi connectivity index (χ2n) is 12.1. The Bertz CT molecular complexity index is 1250. The Labute approximate surface area is 238 Å². The second-order valence-corrected chi connectivity index (χ2v) is 16.9. The van der Waals surface area contributed by atoms with Crippen molar-refractivity contribution < 1.29 is 28.6 Å². The molecule has 2 heterocycles. The number of imide groups is 1. The third kappa shape index (κ3) is 6.93. The van der Waals surface area contributed by atoms with Crippen LogP contribution in [0.3, 0.4) is 0 Å². The number of likely N-dealkylation sites (tertiary alicyclic amines) is 1. The standard InChI is InChI=1S/C31H42N2O6Si/c1-31(2,3)40(5,6)39-19-7-18-38-24-13-10-22(11-14-24)26(20-23-12-17-28(34)33(23)30(35)36)27-16-15-25(21-8-9-21)29(32-27)37-4/h10-11,13-16,20-21,23H,7-9,12,17-19H2,1-6H3,(H,35,36)/t23-/m1/s1. The van der Waals surface area contributed by atoms with E-state index in [9.17, 15) is 14.7 Å². The highest BCUT2D eigenvalue weighted by atomic mass is 28.4. The van der Waals surface area contributed by atoms with Gasteiger partial charge in [0.25, 0.3) is 0 Å². The zero-order valence-corrected chi connectivity index (χ0v) is 25.5. The van der Waals surface area contributed by atoms with Crippen LogP contribution >= 0.6 is 0 Å². The topological polar surface area (TPSA) is 98.2 Å². The van der Waals surface area contributed by atoms with Gasteiger partial charge in [-0.2, -0.15) is 0 Å². The van der Waals surface area contributed by atoms with Crippen molar-refractivity contribution in [1.82, 2.24) is 9.88 Å². The van der Waals surface area contributed by atoms with Gasteiger partial charge in [-0.15, -0.1) is 0 Å². The number of methoxy groups -OCH3 is 1. The number of nitrogens with zero attached hydrogens (tertiary/aromatic N) is 2. The molecule has 2 amide bonds. The molecule has 1 N–H and O–H groups in total. The number of rotatable bonds is 11. The van der Waals surface area contributed by atoms with Gasteiger partial charge in [0.1, 0.15) is 5.75 Å². The molecule has 1 aliphatic heterocycles. The Kier molecular flexibility index (Phi) is 9.05. The van der Waals surface area contributed by atoms with Crippen LogP contribution in [0.4, 0.5) is 4.79 Å². The molecule has 1 saturated heterocycles. The molecule has 0 unspecified atom stereocenters. The van der Waals surface area contributed by atoms with Crippen molar-refractivity contribution in [2.75, 3.05) is 20.3 Å². The third-order valence-corrected chi connectivity index (χ3v) is 12.7. The molecule has 8 nitrogen and oxygen atoms in total. The van der Waals surface area contributed by atoms with E-state index in [0.717, 1.165) is 46.6 Å². The fourth-order valence-corrected chi connectivity index (χ4v) is 5.72. The van der Waals surface area contributed by atoms with Crippen molar-refractivity contribution in [2.45, 2.75) is 83.0 Å². The number of pyridine rings is 1. The average molecular weight is 567 g/mol. The van der Waals surface area contributed by atoms with Crippen molar-refractivity contribution in [3.05, 3.63) is 59.3 Å². The molecule has 0 radical (unpaired) electrons. The van der Waals surface area contributed by atoms with Gasteiger partial charge in [-0.1, -0.05) is 45.0 Å². The minimum atomic E-state index is -1.77. The summed E-state index contributed by atoms with van der Waals surface area (Å²) in [7, 11) is -0.152. The lowest BCUT2D eigenvalue weighted by Gasteiger charge is -2.36. The Hall–Kier alpha value is -3.17. The van der Waals surface area contributed by atoms with E-state index < -0.39 is 20.5 Å². The lowest BCUT2D eigenvalue weighted by atomic mass is 9.98. The van der Waals surface area contributed by atoms with Gasteiger partial charge in [0.2, 0.25) is 11.8 Å². The van der Waals surface area contributed by atoms with Crippen LogP contribution in [-0.2, 0) is 9.22 Å². The van der Waals surface area contributed by atoms with E-state index in [1.807, 2.05) is 42.5 Å². The molecule has 0 spiro atoms. The van der Waals surface area contributed by atoms with Gasteiger partial charge in [-0.3, -0.25) is 4.79 Å². The monoisotopic (exact) mass is 566 g/mol. The van der Waals surface area contributed by atoms with Crippen molar-refractivity contribution in [3.63, 3.8) is 0 Å². The molecule has 4 rings (SSSR count). The molecule has 1 aliphatic carbocycles. The molecular weight excluding hydrogens is 524 g/mol. The minimum absolute atomic E-state index is 0.180. The molecule has 0 bridgehead atoms. The summed E-state index contributed by atoms with van der Waals surface area (Å²) in [6, 6.07) is 11.1. The molecule has 9 heteroatoms. The van der Waals surface area contributed by atoms with Crippen LogP contribution in [-0.4, -0.2) is 61.7 Å². The highest BCUT2D eigenvalue weighted by Gasteiger charge is 2.37. The second kappa shape index (κ2) is 12.1. The SMILES string of the molecule is COc1nc(C(=C[C@H]2CCC(=O)N2C(=O)O)c2ccc(OCCCO[Si](C)(C)C(C)(C)C)cc2)ccc1C1CC1. The normalized spacial score (nSPS) is 18.2. The number of hydrogen-bond donors (Lipinski definition) is 1. The van der Waals surface area contributed by atoms with Crippen LogP contribution in [0.25, 0.3) is 5.57 Å². The van der Waals surface area contributed by atoms with Crippen molar-refractivity contribution in [3.8, 4) is 11.6 Å². The Morgan fingerprint density at radius 3 is 2.40 bits per heavy atom. The van der Waals surface area contributed by atoms with Gasteiger partial charge in [0.05, 0.1) is 25.5 Å². The quantitative estimate of drug-likeness (QED) is 0.234. The first-order valence-electron chi connectivity index (χ1n) is 14.1. The third-order valence-electron chi connectivity index (χ3n) is 8.19. The van der Waals surface area contributed by atoms with Crippen LogP contribution in [0.15, 0.2) is 42.5 Å². The molecule has 1 aromatic carbocycles. The maximum atomic E-state index is 12.3. The van der Waals surface area contributed by atoms with E-state index >= 15 is 0 Å². The molecule has 1 atom stereocenters. The zero-order chi connectivity index (χ0) is 29.1. The molecule has 2 fully saturated rings. The molecule has 1 aromatic heterocycles. The summed E-state index contributed by atoms with van der Waals surface area (Å²) >= 11 is 0. The van der Waals surface area contributed by atoms with Crippen LogP contribution in [0.1, 0.15) is 75.6 Å². The first-order chi connectivity index (χ1) is 18.9. The van der Waals surface area contributed by atoms with Crippen LogP contribution < -0.4 is 9.47 Å². The summed E-state index contributed by atoms with van der Waals surface area (Å²) in [5.74, 6) is 1.42. The number of benzene rings is 1. The molecule has 216 valence electrons. The number of carboxylic acid groups (broad SMARTS) is 1. The Morgan fingerprint density at radius 2 is 1.80 bits per heavy atom. The average Bonchev–Trinajstić information content (AvgIpc) is 3.68. The highest BCUT2D eigenvalue weighted by Crippen LogP contribution is 2.44. The lowest BCUT2D eigenvalue weighted by molar-refractivity contribution is -0.126. The molecule has 2 aromatic rings. The summed E-state index contributed by atoms with van der Waals surface area (Å²) in [6.07, 6.45) is 4.29. The van der Waals surface area contributed by atoms with Crippen LogP contribution in [0.5, 0.6) is 11.6 Å². The predicted octanol–water partition coefficient (Wildman–Crippen LogP) is 6.86. The van der Waals surface area contributed by atoms with E-state index in [1.54, 1.807) is 7.11 Å². The van der Waals surface area contributed by atoms with Gasteiger partial charge in [-0.05, 0) is 67.1 Å². The summed E-state index contributed by atoms with van der Waals surface area (Å²) in [6.45, 7) is 12.4. The summed E-state index contributed by atoms with van der Waals surface area (Å²) in [4.78, 5) is 29.8. The largest absolute Gasteiger partial charge is 0.494 e. The summed E-state index contributed by atoms with van der Waals surface area (Å²) in [5.41, 5.74) is 3.37. The minimum Gasteiger partial charge on any atom is -0.494 e. The van der Waals surface area contributed by atoms with E-state index in [1.165, 1.54) is 0 Å². The smallest absolute Gasteiger partial charge is 0.414 e. The Balaban J connectivity index is 1.52. The van der Waals surface area contributed by atoms with Crippen molar-refractivity contribution in [1.29, 1.82) is 0 Å². The van der Waals surface area contributed by atoms with Crippen LogP contribution in [0, 0.1) is 0 Å². The summed E-state index contributed by atoms with van der Waals surface area (Å²) < 4.78 is 17.8. The van der Waals surface area contributed by atoms with Gasteiger partial charge in [0.15, 0.2) is 8.32 Å². The van der Waals surface area contributed by atoms with E-state index in [0.29, 0.717) is 37.1 Å². The van der Waals surface area contributed by atoms with E-state index in [2.05, 4.69) is 33.9 Å². The van der Waals surface area contributed by atoms with Gasteiger partial charge in [0, 0.05) is 30.6 Å². The number of aromatic nitrogens is 1. The van der Waals surface area contributed by atoms with E-state index in [-0.39, 0.29) is 17.4 Å². The summed E-state index contributed by atoms with van der Waals surface area (Å²) in [5, 5.41) is 9.83. The fraction of sp³-hybridized carbons (Fsp3) is 0.516. The lowest BCUT2D eigenvalue weighted by Crippen LogP contribution is -2.41. The first kappa shape index (κ1) is 29.8. The molecule has 1 saturated carbocycles. The highest BCUT2D eigenvalue weighted by molar-refractivity contribution is 6.74. The van der Waals surface area contributed by atoms with E-state index in [4.69, 9.17) is 18.9 Å². The van der Waals surface area contributed by atoms with Gasteiger partial charge in [-0.25, -0.2) is 14.7 Å². The van der Waals surface area contributed by atoms with Crippen LogP contribution in [0.2, 0.25) is 18.1 Å². The maximum absolute atomic E-state index is 12.3. The fourth-order valence-electron chi connectivity index (χ4n) is 4.63. The zero-order valence-electron chi connectivity index (χ0n) is 24.5. The molecule has 40 heavy (non-hydrogen) atoms. The number of hydrogen-bond acceptors (Lipinski definition) is 6. The first-order valence-corrected chi connectivity index (χ1v) is 17.0. The Morgan fingerprint density at radius 1 is 1.10 bits per heavy atom. The number of carbonyl (C=O) groups excluding carboxylic acids is 1. The van der Waals surface area contributed by atoms with Crippen molar-refractivity contribution >= 4 is 25.9 Å². The molecular formula is C31H42N2O6Si. The number of carbonyl (C=O) groups is 2. The molecule has 2 aliphatic rings. The number of amides is 2.